The molecule has 0 aliphatic heterocycles. The molecule has 0 fully saturated rings. The quantitative estimate of drug-likeness (QED) is 0.0300. The van der Waals surface area contributed by atoms with Gasteiger partial charge in [0.05, 0.1) is 13.1 Å². The molecule has 1 aromatic rings. The van der Waals surface area contributed by atoms with Crippen molar-refractivity contribution in [2.45, 2.75) is 76.5 Å². The Morgan fingerprint density at radius 2 is 1.20 bits per heavy atom. The van der Waals surface area contributed by atoms with E-state index in [4.69, 9.17) is 28.7 Å². The number of hydrogen-bond donors (Lipinski definition) is 11. The maximum atomic E-state index is 13.7. The minimum Gasteiger partial charge on any atom is -0.480 e. The summed E-state index contributed by atoms with van der Waals surface area (Å²) in [6.45, 7) is 3.18. The summed E-state index contributed by atoms with van der Waals surface area (Å²) in [5.74, 6) is -5.12. The van der Waals surface area contributed by atoms with Gasteiger partial charge in [-0.1, -0.05) is 44.2 Å². The minimum atomic E-state index is -1.31. The molecule has 0 heterocycles. The van der Waals surface area contributed by atoms with E-state index in [1.165, 1.54) is 0 Å². The van der Waals surface area contributed by atoms with Crippen LogP contribution in [0.5, 0.6) is 0 Å². The third kappa shape index (κ3) is 18.2. The Balaban J connectivity index is 3.22. The number of aliphatic imine (C=N–C) groups is 2. The van der Waals surface area contributed by atoms with E-state index in [1.807, 2.05) is 13.8 Å². The fraction of sp³-hybridized carbons (Fsp3) is 0.548. The van der Waals surface area contributed by atoms with Gasteiger partial charge in [0.2, 0.25) is 29.5 Å². The summed E-state index contributed by atoms with van der Waals surface area (Å²) in [5.41, 5.74) is 27.4. The Kier molecular flexibility index (Phi) is 19.6. The van der Waals surface area contributed by atoms with Gasteiger partial charge >= 0.3 is 5.97 Å². The summed E-state index contributed by atoms with van der Waals surface area (Å²) >= 11 is 0. The van der Waals surface area contributed by atoms with Gasteiger partial charge in [-0.2, -0.15) is 0 Å². The highest BCUT2D eigenvalue weighted by Crippen LogP contribution is 2.10. The van der Waals surface area contributed by atoms with Crippen molar-refractivity contribution in [3.63, 3.8) is 0 Å². The van der Waals surface area contributed by atoms with Crippen molar-refractivity contribution in [1.29, 1.82) is 0 Å². The number of benzene rings is 1. The molecular weight excluding hydrogens is 652 g/mol. The first-order chi connectivity index (χ1) is 23.6. The van der Waals surface area contributed by atoms with Gasteiger partial charge in [0.15, 0.2) is 11.9 Å². The summed E-state index contributed by atoms with van der Waals surface area (Å²) in [5, 5.41) is 22.4. The van der Waals surface area contributed by atoms with Crippen molar-refractivity contribution in [1.82, 2.24) is 26.6 Å². The molecule has 0 spiro atoms. The molecule has 19 nitrogen and oxygen atoms in total. The molecule has 16 N–H and O–H groups in total. The van der Waals surface area contributed by atoms with Crippen molar-refractivity contribution in [2.24, 2.45) is 44.6 Å². The van der Waals surface area contributed by atoms with E-state index in [-0.39, 0.29) is 76.0 Å². The van der Waals surface area contributed by atoms with Crippen LogP contribution in [-0.2, 0) is 35.2 Å². The molecule has 50 heavy (non-hydrogen) atoms. The maximum Gasteiger partial charge on any atom is 0.326 e. The molecule has 19 heteroatoms. The first kappa shape index (κ1) is 42.6. The molecule has 0 bridgehead atoms. The zero-order chi connectivity index (χ0) is 37.6. The monoisotopic (exact) mass is 704 g/mol. The number of carbonyl (C=O) groups is 6. The third-order valence-corrected chi connectivity index (χ3v) is 7.04. The Hall–Kier alpha value is -5.46. The van der Waals surface area contributed by atoms with Gasteiger partial charge < -0.3 is 60.4 Å². The van der Waals surface area contributed by atoms with E-state index in [2.05, 4.69) is 36.6 Å². The lowest BCUT2D eigenvalue weighted by Gasteiger charge is -2.27. The van der Waals surface area contributed by atoms with Crippen LogP contribution in [0.4, 0.5) is 0 Å². The number of carbonyl (C=O) groups excluding carboxylic acids is 5. The van der Waals surface area contributed by atoms with Crippen LogP contribution >= 0.6 is 0 Å². The first-order valence-electron chi connectivity index (χ1n) is 16.2. The van der Waals surface area contributed by atoms with Gasteiger partial charge in [0.1, 0.15) is 24.2 Å². The average Bonchev–Trinajstić information content (AvgIpc) is 3.05. The molecule has 0 radical (unpaired) electrons. The van der Waals surface area contributed by atoms with Crippen molar-refractivity contribution in [2.75, 3.05) is 26.2 Å². The molecular formula is C31H52N12O7. The van der Waals surface area contributed by atoms with Gasteiger partial charge in [-0.15, -0.1) is 0 Å². The number of guanidine groups is 2. The van der Waals surface area contributed by atoms with Gasteiger partial charge in [-0.25, -0.2) is 4.79 Å². The second-order valence-corrected chi connectivity index (χ2v) is 11.8. The van der Waals surface area contributed by atoms with Crippen molar-refractivity contribution in [3.8, 4) is 0 Å². The molecule has 1 aromatic carbocycles. The lowest BCUT2D eigenvalue weighted by molar-refractivity contribution is -0.142. The van der Waals surface area contributed by atoms with E-state index in [1.54, 1.807) is 30.3 Å². The number of amides is 5. The van der Waals surface area contributed by atoms with Gasteiger partial charge in [-0.05, 0) is 43.6 Å². The summed E-state index contributed by atoms with van der Waals surface area (Å²) in [4.78, 5) is 84.5. The maximum absolute atomic E-state index is 13.7. The molecule has 4 atom stereocenters. The number of hydrogen-bond acceptors (Lipinski definition) is 9. The van der Waals surface area contributed by atoms with E-state index >= 15 is 0 Å². The fourth-order valence-electron chi connectivity index (χ4n) is 4.61. The zero-order valence-electron chi connectivity index (χ0n) is 28.5. The normalized spacial score (nSPS) is 13.0. The second kappa shape index (κ2) is 23.0. The van der Waals surface area contributed by atoms with E-state index in [0.717, 1.165) is 0 Å². The van der Waals surface area contributed by atoms with Crippen LogP contribution in [0.1, 0.15) is 51.5 Å². The lowest BCUT2D eigenvalue weighted by Crippen LogP contribution is -2.58. The summed E-state index contributed by atoms with van der Waals surface area (Å²) < 4.78 is 0. The minimum absolute atomic E-state index is 0.00295. The molecule has 0 saturated heterocycles. The molecule has 0 aromatic heterocycles. The number of nitrogens with two attached hydrogens (primary N) is 5. The molecule has 0 unspecified atom stereocenters. The largest absolute Gasteiger partial charge is 0.480 e. The number of nitrogens with one attached hydrogen (secondary N) is 5. The van der Waals surface area contributed by atoms with Gasteiger partial charge in [-0.3, -0.25) is 34.0 Å². The number of carboxylic acids is 1. The van der Waals surface area contributed by atoms with Crippen LogP contribution in [-0.4, -0.2) is 103 Å². The fourth-order valence-corrected chi connectivity index (χ4v) is 4.61. The van der Waals surface area contributed by atoms with Crippen LogP contribution in [0.3, 0.4) is 0 Å². The number of nitrogens with zero attached hydrogens (tertiary/aromatic N) is 2. The topological polar surface area (TPSA) is 338 Å². The van der Waals surface area contributed by atoms with Crippen LogP contribution in [0.2, 0.25) is 0 Å². The Labute approximate surface area is 291 Å². The second-order valence-electron chi connectivity index (χ2n) is 11.8. The Morgan fingerprint density at radius 1 is 0.700 bits per heavy atom. The lowest BCUT2D eigenvalue weighted by atomic mass is 10.00. The summed E-state index contributed by atoms with van der Waals surface area (Å²) in [7, 11) is 0. The molecule has 5 amide bonds. The Bertz CT molecular complexity index is 1330. The van der Waals surface area contributed by atoms with Crippen molar-refractivity contribution >= 4 is 47.4 Å². The molecule has 0 aliphatic carbocycles. The summed E-state index contributed by atoms with van der Waals surface area (Å²) in [6, 6.07) is 4.01. The number of rotatable bonds is 23. The van der Waals surface area contributed by atoms with E-state index in [9.17, 15) is 33.9 Å². The number of carboxylic acid groups (broad SMARTS) is 1. The summed E-state index contributed by atoms with van der Waals surface area (Å²) in [6.07, 6.45) is 0.738. The zero-order valence-corrected chi connectivity index (χ0v) is 28.5. The first-order valence-corrected chi connectivity index (χ1v) is 16.2. The van der Waals surface area contributed by atoms with Crippen LogP contribution < -0.4 is 55.3 Å². The molecule has 1 rings (SSSR count). The molecule has 0 aliphatic rings. The standard InChI is InChI=1S/C31H52N12O7/c1-18(2)14-22(43-28(48)23(15-19-8-4-3-5-9-19)40-25(45)17-39-24(44)16-32)27(47)41-20(10-6-12-37-30(33)34)26(46)42-21(29(49)50)11-7-13-38-31(35)36/h3-5,8-9,18,20-23H,6-7,10-17,32H2,1-2H3,(H,39,44)(H,40,45)(H,41,47)(H,42,46)(H,43,48)(H,49,50)(H4,33,34,37)(H4,35,36,38)/t20-,21-,22-,23-/m0/s1. The SMILES string of the molecule is CC(C)C[C@H](NC(=O)[C@H](Cc1ccccc1)NC(=O)CNC(=O)CN)C(=O)N[C@@H](CCCN=C(N)N)C(=O)N[C@@H](CCCN=C(N)N)C(=O)O. The predicted molar refractivity (Wildman–Crippen MR) is 187 cm³/mol. The molecule has 278 valence electrons. The van der Waals surface area contributed by atoms with Crippen molar-refractivity contribution < 1.29 is 33.9 Å². The van der Waals surface area contributed by atoms with Gasteiger partial charge in [0, 0.05) is 19.5 Å². The highest BCUT2D eigenvalue weighted by Gasteiger charge is 2.31. The number of aliphatic carboxylic acids is 1. The Morgan fingerprint density at radius 3 is 1.72 bits per heavy atom. The smallest absolute Gasteiger partial charge is 0.326 e. The van der Waals surface area contributed by atoms with E-state index < -0.39 is 66.2 Å². The van der Waals surface area contributed by atoms with Crippen molar-refractivity contribution in [3.05, 3.63) is 35.9 Å². The average molecular weight is 705 g/mol. The highest BCUT2D eigenvalue weighted by molar-refractivity contribution is 5.95. The highest BCUT2D eigenvalue weighted by atomic mass is 16.4. The van der Waals surface area contributed by atoms with Crippen LogP contribution in [0.25, 0.3) is 0 Å². The van der Waals surface area contributed by atoms with E-state index in [0.29, 0.717) is 5.56 Å². The predicted octanol–water partition coefficient (Wildman–Crippen LogP) is -3.52. The van der Waals surface area contributed by atoms with Crippen LogP contribution in [0, 0.1) is 5.92 Å². The molecule has 0 saturated carbocycles. The van der Waals surface area contributed by atoms with Gasteiger partial charge in [0.25, 0.3) is 0 Å². The third-order valence-electron chi connectivity index (χ3n) is 7.04. The van der Waals surface area contributed by atoms with Crippen LogP contribution in [0.15, 0.2) is 40.3 Å².